The molecule has 0 saturated carbocycles. The number of benzene rings is 1. The summed E-state index contributed by atoms with van der Waals surface area (Å²) in [6, 6.07) is 24.5. The number of amides is 2. The molecule has 8 aromatic heterocycles. The number of hydrogen-bond donors (Lipinski definition) is 0. The molecule has 0 radical (unpaired) electrons. The number of unbranched alkanes of at least 4 members (excludes halogenated alkanes) is 21. The van der Waals surface area contributed by atoms with Crippen LogP contribution in [0.3, 0.4) is 0 Å². The topological polar surface area (TPSA) is 59.1 Å². The number of carbonyl (C=O) groups is 2. The third kappa shape index (κ3) is 23.2. The molecule has 10 heterocycles. The van der Waals surface area contributed by atoms with Gasteiger partial charge in [-0.25, -0.2) is 0 Å². The zero-order chi connectivity index (χ0) is 78.2. The molecule has 0 spiro atoms. The van der Waals surface area contributed by atoms with Crippen LogP contribution >= 0.6 is 139 Å². The second-order valence-electron chi connectivity index (χ2n) is 30.7. The van der Waals surface area contributed by atoms with E-state index in [1.54, 1.807) is 9.80 Å². The minimum Gasteiger partial charge on any atom is -0.491 e. The molecule has 1 aromatic carbocycles. The zero-order valence-electron chi connectivity index (χ0n) is 68.1. The van der Waals surface area contributed by atoms with Gasteiger partial charge in [-0.15, -0.1) is 90.7 Å². The highest BCUT2D eigenvalue weighted by atomic mass is 32.2. The molecule has 0 aliphatic carbocycles. The quantitative estimate of drug-likeness (QED) is 0.0212. The molecule has 6 nitrogen and oxygen atoms in total. The van der Waals surface area contributed by atoms with Crippen LogP contribution in [0.1, 0.15) is 300 Å². The molecule has 18 heteroatoms. The van der Waals surface area contributed by atoms with Crippen LogP contribution in [0.2, 0.25) is 0 Å². The molecule has 111 heavy (non-hydrogen) atoms. The van der Waals surface area contributed by atoms with Crippen LogP contribution in [0.5, 0.6) is 11.5 Å². The lowest BCUT2D eigenvalue weighted by molar-refractivity contribution is -0.122. The number of carbonyl (C=O) groups excluding carboxylic acids is 2. The van der Waals surface area contributed by atoms with E-state index in [1.807, 2.05) is 105 Å². The van der Waals surface area contributed by atoms with Crippen LogP contribution < -0.4 is 9.47 Å². The van der Waals surface area contributed by atoms with Crippen molar-refractivity contribution in [2.75, 3.05) is 26.3 Å². The summed E-state index contributed by atoms with van der Waals surface area (Å²) in [7, 11) is 0. The lowest BCUT2D eigenvalue weighted by Crippen LogP contribution is -2.27. The molecule has 2 saturated heterocycles. The highest BCUT2D eigenvalue weighted by molar-refractivity contribution is 8.27. The van der Waals surface area contributed by atoms with Gasteiger partial charge in [0.05, 0.1) is 32.4 Å². The van der Waals surface area contributed by atoms with Gasteiger partial charge in [0, 0.05) is 92.1 Å². The molecule has 2 atom stereocenters. The summed E-state index contributed by atoms with van der Waals surface area (Å²) >= 11 is 29.6. The number of nitrogens with zero attached hydrogens (tertiary/aromatic N) is 2. The van der Waals surface area contributed by atoms with Gasteiger partial charge >= 0.3 is 0 Å². The standard InChI is InChI=1S/C93H122N2O4S12/c1-11-21-26-30-34-38-44-64-52-68(56-80-90(96)94(19-9)92(100)110-80)102-84(64)72-48-50-74(104-72)86-66(46-40-36-32-28-23-13-3)54-76(106-86)78-58-70-82(98-60-62(17-7)42-16-6)88-71(83(89(70)109-78)99-61-63(18-8)43-25-15-5)59-79(108-88)77-55-67(47-41-37-33-29-24-14-4)87(107-77)75-51-49-73(105-75)85-65(45-39-35-31-27-22-12-2)53-69(103-85)57-81-91(97)95(20-10)93(101)111-81/h48-59,62-63H,11-47,60-61H2,1-10H3. The molecule has 2 aliphatic rings. The van der Waals surface area contributed by atoms with Gasteiger partial charge in [0.25, 0.3) is 11.8 Å². The van der Waals surface area contributed by atoms with Crippen LogP contribution in [0.4, 0.5) is 0 Å². The Bertz CT molecular complexity index is 4290. The predicted octanol–water partition coefficient (Wildman–Crippen LogP) is 33.3. The maximum absolute atomic E-state index is 13.6. The minimum atomic E-state index is 0.0247. The Labute approximate surface area is 717 Å². The summed E-state index contributed by atoms with van der Waals surface area (Å²) in [6.45, 7) is 25.1. The molecule has 11 rings (SSSR count). The van der Waals surface area contributed by atoms with Gasteiger partial charge in [0.15, 0.2) is 0 Å². The number of ether oxygens (including phenoxy) is 2. The number of hydrogen-bond acceptors (Lipinski definition) is 16. The fourth-order valence-corrected chi connectivity index (χ4v) is 28.1. The predicted molar refractivity (Wildman–Crippen MR) is 509 cm³/mol. The summed E-state index contributed by atoms with van der Waals surface area (Å²) in [4.78, 5) is 50.3. The number of fused-ring (bicyclic) bond motifs is 2. The van der Waals surface area contributed by atoms with E-state index in [1.165, 1.54) is 279 Å². The SMILES string of the molecule is CCCCCCCCc1cc(C=C2SC(=S)N(CC)C2=O)sc1-c1ccc(-c2sc(-c3cc4c(OCC(CC)CCCC)c5sc(-c6cc(CCCCCCCC)c(-c7ccc(-c8sc(C=C9SC(=S)N(CC)C9=O)cc8CCCCCCCC)s7)s6)cc5c(OCC(CC)CCC)c4s3)cc2CCCCCCCC)s1. The first-order valence-corrected chi connectivity index (χ1v) is 51.8. The Kier molecular flexibility index (Phi) is 35.9. The zero-order valence-corrected chi connectivity index (χ0v) is 77.9. The number of likely N-dealkylation sites (N-methyl/N-ethyl adjacent to an activating group) is 2. The number of thiocarbonyl (C=S) groups is 2. The Balaban J connectivity index is 1.01. The fourth-order valence-electron chi connectivity index (χ4n) is 15.4. The highest BCUT2D eigenvalue weighted by Gasteiger charge is 2.34. The van der Waals surface area contributed by atoms with Crippen molar-refractivity contribution in [3.63, 3.8) is 0 Å². The highest BCUT2D eigenvalue weighted by Crippen LogP contribution is 2.57. The van der Waals surface area contributed by atoms with Gasteiger partial charge < -0.3 is 9.47 Å². The van der Waals surface area contributed by atoms with Gasteiger partial charge in [-0.05, 0) is 185 Å². The summed E-state index contributed by atoms with van der Waals surface area (Å²) in [6.07, 6.45) is 46.5. The van der Waals surface area contributed by atoms with E-state index in [4.69, 9.17) is 33.9 Å². The number of thioether (sulfide) groups is 2. The molecule has 0 bridgehead atoms. The third-order valence-electron chi connectivity index (χ3n) is 22.1. The molecule has 2 fully saturated rings. The molecule has 2 amide bonds. The van der Waals surface area contributed by atoms with Crippen molar-refractivity contribution in [2.45, 2.75) is 294 Å². The van der Waals surface area contributed by atoms with E-state index < -0.39 is 0 Å². The van der Waals surface area contributed by atoms with Gasteiger partial charge in [0.1, 0.15) is 20.1 Å². The first-order valence-electron chi connectivity index (χ1n) is 42.8. The molecule has 2 unspecified atom stereocenters. The average Bonchev–Trinajstić information content (AvgIpc) is 1.57. The second kappa shape index (κ2) is 45.3. The maximum Gasteiger partial charge on any atom is 0.266 e. The Morgan fingerprint density at radius 2 is 0.676 bits per heavy atom. The van der Waals surface area contributed by atoms with Crippen LogP contribution in [0.15, 0.2) is 70.5 Å². The van der Waals surface area contributed by atoms with Crippen molar-refractivity contribution < 1.29 is 19.1 Å². The van der Waals surface area contributed by atoms with E-state index in [0.717, 1.165) is 102 Å². The largest absolute Gasteiger partial charge is 0.491 e. The monoisotopic (exact) mass is 1710 g/mol. The van der Waals surface area contributed by atoms with Crippen molar-refractivity contribution in [3.05, 3.63) is 102 Å². The first kappa shape index (κ1) is 88.1. The van der Waals surface area contributed by atoms with E-state index in [9.17, 15) is 9.59 Å². The third-order valence-corrected chi connectivity index (χ3v) is 35.0. The lowest BCUT2D eigenvalue weighted by Gasteiger charge is -2.19. The van der Waals surface area contributed by atoms with Gasteiger partial charge in [-0.1, -0.05) is 264 Å². The molecule has 0 N–H and O–H groups in total. The lowest BCUT2D eigenvalue weighted by atomic mass is 10.0. The van der Waals surface area contributed by atoms with E-state index in [0.29, 0.717) is 46.8 Å². The van der Waals surface area contributed by atoms with E-state index in [-0.39, 0.29) is 11.8 Å². The Morgan fingerprint density at radius 1 is 0.351 bits per heavy atom. The second-order valence-corrected chi connectivity index (χ2v) is 42.5. The maximum atomic E-state index is 13.6. The Morgan fingerprint density at radius 3 is 1.01 bits per heavy atom. The number of thiophene rings is 8. The van der Waals surface area contributed by atoms with E-state index >= 15 is 0 Å². The van der Waals surface area contributed by atoms with Crippen molar-refractivity contribution in [1.82, 2.24) is 9.80 Å². The summed E-state index contributed by atoms with van der Waals surface area (Å²) in [5.41, 5.74) is 5.70. The summed E-state index contributed by atoms with van der Waals surface area (Å²) < 4.78 is 18.7. The normalized spacial score (nSPS) is 14.8. The molecular weight excluding hydrogens is 1590 g/mol. The van der Waals surface area contributed by atoms with Crippen LogP contribution in [-0.4, -0.2) is 56.6 Å². The van der Waals surface area contributed by atoms with Gasteiger partial charge in [-0.2, -0.15) is 0 Å². The van der Waals surface area contributed by atoms with E-state index in [2.05, 4.69) is 128 Å². The van der Waals surface area contributed by atoms with Crippen LogP contribution in [0.25, 0.3) is 90.9 Å². The number of aryl methyl sites for hydroxylation is 4. The molecule has 2 aliphatic heterocycles. The van der Waals surface area contributed by atoms with Crippen LogP contribution in [-0.2, 0) is 35.3 Å². The summed E-state index contributed by atoms with van der Waals surface area (Å²) in [5, 5.41) is 2.36. The molecule has 9 aromatic rings. The van der Waals surface area contributed by atoms with Gasteiger partial charge in [0.2, 0.25) is 0 Å². The van der Waals surface area contributed by atoms with Crippen molar-refractivity contribution in [2.24, 2.45) is 11.8 Å². The molecule has 600 valence electrons. The van der Waals surface area contributed by atoms with Gasteiger partial charge in [-0.3, -0.25) is 19.4 Å². The first-order chi connectivity index (χ1) is 54.3. The minimum absolute atomic E-state index is 0.0247. The van der Waals surface area contributed by atoms with Crippen molar-refractivity contribution in [1.29, 1.82) is 0 Å². The van der Waals surface area contributed by atoms with Crippen molar-refractivity contribution >= 4 is 191 Å². The Hall–Kier alpha value is -3.76. The summed E-state index contributed by atoms with van der Waals surface area (Å²) in [5.74, 6) is 3.00. The number of rotatable bonds is 51. The van der Waals surface area contributed by atoms with Crippen LogP contribution in [0, 0.1) is 11.8 Å². The average molecular weight is 1720 g/mol. The fraction of sp³-hybridized carbons (Fsp3) is 0.548. The van der Waals surface area contributed by atoms with Crippen molar-refractivity contribution in [3.8, 4) is 70.0 Å². The molecular formula is C93H122N2O4S12. The smallest absolute Gasteiger partial charge is 0.266 e.